The van der Waals surface area contributed by atoms with Crippen molar-refractivity contribution in [2.75, 3.05) is 6.61 Å². The number of aliphatic hydroxyl groups is 2. The Hall–Kier alpha value is -0.900. The lowest BCUT2D eigenvalue weighted by molar-refractivity contribution is 0.109. The van der Waals surface area contributed by atoms with Crippen LogP contribution in [0.2, 0.25) is 0 Å². The monoisotopic (exact) mass is 211 g/mol. The summed E-state index contributed by atoms with van der Waals surface area (Å²) in [5.41, 5.74) is 7.36. The quantitative estimate of drug-likeness (QED) is 0.707. The highest BCUT2D eigenvalue weighted by atomic mass is 16.3. The van der Waals surface area contributed by atoms with Crippen LogP contribution in [-0.2, 0) is 0 Å². The van der Waals surface area contributed by atoms with E-state index in [-0.39, 0.29) is 6.61 Å². The average molecular weight is 211 g/mol. The highest BCUT2D eigenvalue weighted by Crippen LogP contribution is 2.15. The molecule has 0 radical (unpaired) electrons. The second-order valence-corrected chi connectivity index (χ2v) is 3.20. The van der Waals surface area contributed by atoms with Gasteiger partial charge in [0.05, 0.1) is 18.8 Å². The number of hydrogen-bond donors (Lipinski definition) is 3. The summed E-state index contributed by atoms with van der Waals surface area (Å²) >= 11 is 0. The first kappa shape index (κ1) is 14.1. The molecule has 0 saturated carbocycles. The Balaban J connectivity index is 0.000000921. The molecule has 0 heterocycles. The molecule has 15 heavy (non-hydrogen) atoms. The molecule has 4 N–H and O–H groups in total. The normalized spacial score (nSPS) is 13.7. The molecular weight excluding hydrogens is 190 g/mol. The highest BCUT2D eigenvalue weighted by molar-refractivity contribution is 5.23. The van der Waals surface area contributed by atoms with Gasteiger partial charge in [0, 0.05) is 0 Å². The third-order valence-electron chi connectivity index (χ3n) is 2.04. The summed E-state index contributed by atoms with van der Waals surface area (Å²) in [6.45, 7) is 5.76. The van der Waals surface area contributed by atoms with E-state index in [1.54, 1.807) is 0 Å². The Morgan fingerprint density at radius 3 is 2.07 bits per heavy atom. The van der Waals surface area contributed by atoms with E-state index in [0.717, 1.165) is 11.1 Å². The minimum absolute atomic E-state index is 0.213. The molecule has 3 nitrogen and oxygen atoms in total. The van der Waals surface area contributed by atoms with E-state index < -0.39 is 12.1 Å². The molecule has 3 heteroatoms. The fourth-order valence-electron chi connectivity index (χ4n) is 1.11. The summed E-state index contributed by atoms with van der Waals surface area (Å²) in [6, 6.07) is 6.83. The SMILES string of the molecule is CC.Cc1ccc([C@@H](O)[C@H](N)CO)cc1. The van der Waals surface area contributed by atoms with Crippen molar-refractivity contribution in [1.29, 1.82) is 0 Å². The van der Waals surface area contributed by atoms with Gasteiger partial charge in [-0.25, -0.2) is 0 Å². The maximum absolute atomic E-state index is 9.59. The van der Waals surface area contributed by atoms with Crippen molar-refractivity contribution in [3.63, 3.8) is 0 Å². The number of nitrogens with two attached hydrogens (primary N) is 1. The predicted octanol–water partition coefficient (Wildman–Crippen LogP) is 1.37. The minimum Gasteiger partial charge on any atom is -0.395 e. The standard InChI is InChI=1S/C10H15NO2.C2H6/c1-7-2-4-8(5-3-7)10(13)9(11)6-12;1-2/h2-5,9-10,12-13H,6,11H2,1H3;1-2H3/t9-,10-;/m1./s1. The molecule has 0 aliphatic rings. The van der Waals surface area contributed by atoms with Crippen LogP contribution in [0.3, 0.4) is 0 Å². The van der Waals surface area contributed by atoms with Crippen LogP contribution in [0, 0.1) is 6.92 Å². The number of benzene rings is 1. The third-order valence-corrected chi connectivity index (χ3v) is 2.04. The topological polar surface area (TPSA) is 66.5 Å². The molecule has 0 unspecified atom stereocenters. The molecule has 1 aromatic carbocycles. The summed E-state index contributed by atoms with van der Waals surface area (Å²) in [6.07, 6.45) is -0.786. The maximum atomic E-state index is 9.59. The van der Waals surface area contributed by atoms with E-state index in [1.165, 1.54) is 0 Å². The van der Waals surface area contributed by atoms with Gasteiger partial charge in [-0.1, -0.05) is 43.7 Å². The van der Waals surface area contributed by atoms with Gasteiger partial charge in [0.15, 0.2) is 0 Å². The van der Waals surface area contributed by atoms with Crippen molar-refractivity contribution in [2.24, 2.45) is 5.73 Å². The third kappa shape index (κ3) is 4.42. The number of rotatable bonds is 3. The lowest BCUT2D eigenvalue weighted by Gasteiger charge is -2.16. The van der Waals surface area contributed by atoms with Gasteiger partial charge in [0.2, 0.25) is 0 Å². The molecule has 0 fully saturated rings. The van der Waals surface area contributed by atoms with Crippen molar-refractivity contribution in [3.8, 4) is 0 Å². The molecule has 0 bridgehead atoms. The van der Waals surface area contributed by atoms with Gasteiger partial charge in [0.25, 0.3) is 0 Å². The summed E-state index contributed by atoms with van der Waals surface area (Å²) < 4.78 is 0. The molecule has 0 amide bonds. The second-order valence-electron chi connectivity index (χ2n) is 3.20. The lowest BCUT2D eigenvalue weighted by atomic mass is 10.0. The number of aliphatic hydroxyl groups excluding tert-OH is 2. The van der Waals surface area contributed by atoms with Gasteiger partial charge < -0.3 is 15.9 Å². The summed E-state index contributed by atoms with van der Waals surface area (Å²) in [5.74, 6) is 0. The van der Waals surface area contributed by atoms with E-state index in [4.69, 9.17) is 10.8 Å². The fraction of sp³-hybridized carbons (Fsp3) is 0.500. The Morgan fingerprint density at radius 2 is 1.67 bits per heavy atom. The van der Waals surface area contributed by atoms with Gasteiger partial charge in [-0.05, 0) is 12.5 Å². The number of aryl methyl sites for hydroxylation is 1. The molecular formula is C12H21NO2. The molecule has 0 saturated heterocycles. The average Bonchev–Trinajstić information content (AvgIpc) is 2.31. The Bertz CT molecular complexity index is 259. The van der Waals surface area contributed by atoms with Crippen molar-refractivity contribution in [3.05, 3.63) is 35.4 Å². The zero-order valence-corrected chi connectivity index (χ0v) is 9.64. The van der Waals surface area contributed by atoms with Crippen molar-refractivity contribution in [2.45, 2.75) is 32.9 Å². The lowest BCUT2D eigenvalue weighted by Crippen LogP contribution is -2.31. The van der Waals surface area contributed by atoms with E-state index in [2.05, 4.69) is 0 Å². The molecule has 0 aromatic heterocycles. The van der Waals surface area contributed by atoms with Gasteiger partial charge in [-0.2, -0.15) is 0 Å². The Labute approximate surface area is 91.6 Å². The molecule has 0 aliphatic carbocycles. The van der Waals surface area contributed by atoms with Gasteiger partial charge in [0.1, 0.15) is 0 Å². The highest BCUT2D eigenvalue weighted by Gasteiger charge is 2.14. The van der Waals surface area contributed by atoms with Crippen LogP contribution in [0.15, 0.2) is 24.3 Å². The van der Waals surface area contributed by atoms with Gasteiger partial charge in [-0.3, -0.25) is 0 Å². The molecule has 1 rings (SSSR count). The summed E-state index contributed by atoms with van der Waals surface area (Å²) in [5, 5.41) is 18.3. The molecule has 2 atom stereocenters. The van der Waals surface area contributed by atoms with Crippen molar-refractivity contribution < 1.29 is 10.2 Å². The maximum Gasteiger partial charge on any atom is 0.0963 e. The minimum atomic E-state index is -0.786. The van der Waals surface area contributed by atoms with E-state index in [9.17, 15) is 5.11 Å². The smallest absolute Gasteiger partial charge is 0.0963 e. The largest absolute Gasteiger partial charge is 0.395 e. The van der Waals surface area contributed by atoms with Crippen LogP contribution in [0.4, 0.5) is 0 Å². The second kappa shape index (κ2) is 7.40. The van der Waals surface area contributed by atoms with Crippen LogP contribution in [0.1, 0.15) is 31.1 Å². The van der Waals surface area contributed by atoms with E-state index in [0.29, 0.717) is 0 Å². The van der Waals surface area contributed by atoms with Gasteiger partial charge >= 0.3 is 0 Å². The first-order valence-electron chi connectivity index (χ1n) is 5.26. The fourth-order valence-corrected chi connectivity index (χ4v) is 1.11. The zero-order valence-electron chi connectivity index (χ0n) is 9.64. The van der Waals surface area contributed by atoms with Crippen LogP contribution in [-0.4, -0.2) is 22.9 Å². The van der Waals surface area contributed by atoms with Crippen molar-refractivity contribution >= 4 is 0 Å². The summed E-state index contributed by atoms with van der Waals surface area (Å²) in [4.78, 5) is 0. The predicted molar refractivity (Wildman–Crippen MR) is 62.5 cm³/mol. The van der Waals surface area contributed by atoms with Crippen LogP contribution in [0.25, 0.3) is 0 Å². The molecule has 0 spiro atoms. The van der Waals surface area contributed by atoms with Crippen LogP contribution in [0.5, 0.6) is 0 Å². The first-order valence-corrected chi connectivity index (χ1v) is 5.26. The first-order chi connectivity index (χ1) is 7.15. The van der Waals surface area contributed by atoms with E-state index in [1.807, 2.05) is 45.0 Å². The summed E-state index contributed by atoms with van der Waals surface area (Å²) in [7, 11) is 0. The zero-order chi connectivity index (χ0) is 11.8. The van der Waals surface area contributed by atoms with E-state index >= 15 is 0 Å². The number of hydrogen-bond acceptors (Lipinski definition) is 3. The van der Waals surface area contributed by atoms with Crippen LogP contribution >= 0.6 is 0 Å². The van der Waals surface area contributed by atoms with Crippen LogP contribution < -0.4 is 5.73 Å². The molecule has 0 aliphatic heterocycles. The van der Waals surface area contributed by atoms with Crippen molar-refractivity contribution in [1.82, 2.24) is 0 Å². The molecule has 86 valence electrons. The van der Waals surface area contributed by atoms with Gasteiger partial charge in [-0.15, -0.1) is 0 Å². The Morgan fingerprint density at radius 1 is 1.20 bits per heavy atom. The molecule has 1 aromatic rings. The Kier molecular flexibility index (Phi) is 6.96.